The van der Waals surface area contributed by atoms with Crippen molar-refractivity contribution in [3.63, 3.8) is 0 Å². The fourth-order valence-electron chi connectivity index (χ4n) is 2.08. The molecule has 2 aromatic rings. The average Bonchev–Trinajstić information content (AvgIpc) is 3.10. The van der Waals surface area contributed by atoms with Gasteiger partial charge in [-0.2, -0.15) is 0 Å². The number of hydrogen-bond acceptors (Lipinski definition) is 6. The maximum atomic E-state index is 11.9. The van der Waals surface area contributed by atoms with Crippen molar-refractivity contribution in [1.29, 1.82) is 0 Å². The van der Waals surface area contributed by atoms with Crippen LogP contribution in [0.25, 0.3) is 10.6 Å². The number of nitrogens with one attached hydrogen (secondary N) is 1. The zero-order chi connectivity index (χ0) is 15.9. The minimum absolute atomic E-state index is 0.0860. The van der Waals surface area contributed by atoms with E-state index in [0.717, 1.165) is 35.0 Å². The third-order valence-electron chi connectivity index (χ3n) is 3.15. The molecule has 2 aromatic heterocycles. The lowest BCUT2D eigenvalue weighted by Crippen LogP contribution is -2.27. The summed E-state index contributed by atoms with van der Waals surface area (Å²) in [5.74, 6) is 0.0860. The number of amides is 1. The molecule has 2 rings (SSSR count). The largest absolute Gasteiger partial charge is 0.375 e. The Labute approximate surface area is 139 Å². The maximum Gasteiger partial charge on any atom is 0.220 e. The van der Waals surface area contributed by atoms with Crippen LogP contribution >= 0.6 is 22.7 Å². The van der Waals surface area contributed by atoms with Crippen LogP contribution in [0.5, 0.6) is 0 Å². The van der Waals surface area contributed by atoms with Crippen LogP contribution in [0.4, 0.5) is 5.13 Å². The van der Waals surface area contributed by atoms with E-state index in [1.807, 2.05) is 31.6 Å². The molecule has 0 spiro atoms. The Morgan fingerprint density at radius 1 is 1.45 bits per heavy atom. The number of aromatic nitrogens is 1. The van der Waals surface area contributed by atoms with Crippen molar-refractivity contribution in [1.82, 2.24) is 15.2 Å². The molecule has 0 bridgehead atoms. The number of rotatable bonds is 8. The van der Waals surface area contributed by atoms with Crippen LogP contribution in [0.3, 0.4) is 0 Å². The second-order valence-corrected chi connectivity index (χ2v) is 7.37. The number of nitrogen functional groups attached to an aromatic ring is 1. The van der Waals surface area contributed by atoms with Crippen molar-refractivity contribution in [2.45, 2.75) is 19.3 Å². The quantitative estimate of drug-likeness (QED) is 0.725. The highest BCUT2D eigenvalue weighted by molar-refractivity contribution is 7.17. The van der Waals surface area contributed by atoms with Crippen molar-refractivity contribution >= 4 is 33.7 Å². The van der Waals surface area contributed by atoms with Gasteiger partial charge in [0, 0.05) is 17.8 Å². The topological polar surface area (TPSA) is 71.2 Å². The first-order chi connectivity index (χ1) is 10.6. The number of carbonyl (C=O) groups is 1. The van der Waals surface area contributed by atoms with Gasteiger partial charge in [-0.05, 0) is 44.9 Å². The van der Waals surface area contributed by atoms with E-state index >= 15 is 0 Å². The van der Waals surface area contributed by atoms with Gasteiger partial charge in [-0.1, -0.05) is 6.07 Å². The summed E-state index contributed by atoms with van der Waals surface area (Å²) in [6.45, 7) is 1.70. The molecule has 5 nitrogen and oxygen atoms in total. The third-order valence-corrected chi connectivity index (χ3v) is 4.97. The first-order valence-corrected chi connectivity index (χ1v) is 8.96. The summed E-state index contributed by atoms with van der Waals surface area (Å²) in [5.41, 5.74) is 6.75. The molecule has 0 fully saturated rings. The molecule has 0 aliphatic rings. The Kier molecular flexibility index (Phi) is 6.35. The standard InChI is InChI=1S/C15H22N4OS2/c1-19(2)9-4-8-17-13(20)7-6-12-14(18-15(16)22-12)11-5-3-10-21-11/h3,5,10H,4,6-9H2,1-2H3,(H2,16,18)(H,17,20). The van der Waals surface area contributed by atoms with E-state index in [4.69, 9.17) is 5.73 Å². The normalized spacial score (nSPS) is 11.0. The van der Waals surface area contributed by atoms with Crippen LogP contribution in [0.2, 0.25) is 0 Å². The van der Waals surface area contributed by atoms with Crippen molar-refractivity contribution in [2.24, 2.45) is 0 Å². The zero-order valence-corrected chi connectivity index (χ0v) is 14.6. The number of thiophene rings is 1. The van der Waals surface area contributed by atoms with Crippen LogP contribution in [-0.2, 0) is 11.2 Å². The van der Waals surface area contributed by atoms with E-state index in [2.05, 4.69) is 15.2 Å². The highest BCUT2D eigenvalue weighted by Gasteiger charge is 2.14. The number of nitrogens with zero attached hydrogens (tertiary/aromatic N) is 2. The Morgan fingerprint density at radius 2 is 2.27 bits per heavy atom. The van der Waals surface area contributed by atoms with Gasteiger partial charge in [0.05, 0.1) is 10.6 Å². The molecule has 0 saturated carbocycles. The van der Waals surface area contributed by atoms with E-state index in [1.54, 1.807) is 11.3 Å². The van der Waals surface area contributed by atoms with Gasteiger partial charge in [0.25, 0.3) is 0 Å². The number of aryl methyl sites for hydroxylation is 1. The minimum Gasteiger partial charge on any atom is -0.375 e. The smallest absolute Gasteiger partial charge is 0.220 e. The molecule has 0 aliphatic heterocycles. The maximum absolute atomic E-state index is 11.9. The van der Waals surface area contributed by atoms with E-state index in [9.17, 15) is 4.79 Å². The van der Waals surface area contributed by atoms with Crippen LogP contribution < -0.4 is 11.1 Å². The number of anilines is 1. The lowest BCUT2D eigenvalue weighted by atomic mass is 10.2. The first-order valence-electron chi connectivity index (χ1n) is 7.26. The Hall–Kier alpha value is -1.44. The molecule has 3 N–H and O–H groups in total. The molecule has 0 saturated heterocycles. The monoisotopic (exact) mass is 338 g/mol. The first kappa shape index (κ1) is 16.9. The molecule has 120 valence electrons. The van der Waals surface area contributed by atoms with Crippen LogP contribution in [0.1, 0.15) is 17.7 Å². The highest BCUT2D eigenvalue weighted by Crippen LogP contribution is 2.33. The molecule has 7 heteroatoms. The van der Waals surface area contributed by atoms with E-state index in [0.29, 0.717) is 18.0 Å². The van der Waals surface area contributed by atoms with Gasteiger partial charge >= 0.3 is 0 Å². The van der Waals surface area contributed by atoms with E-state index < -0.39 is 0 Å². The number of hydrogen-bond donors (Lipinski definition) is 2. The highest BCUT2D eigenvalue weighted by atomic mass is 32.1. The minimum atomic E-state index is 0.0860. The van der Waals surface area contributed by atoms with Crippen LogP contribution in [-0.4, -0.2) is 43.0 Å². The summed E-state index contributed by atoms with van der Waals surface area (Å²) in [6, 6.07) is 4.03. The number of nitrogens with two attached hydrogens (primary N) is 1. The van der Waals surface area contributed by atoms with Gasteiger partial charge in [-0.15, -0.1) is 22.7 Å². The summed E-state index contributed by atoms with van der Waals surface area (Å²) in [5, 5.41) is 5.54. The third kappa shape index (κ3) is 5.08. The fourth-order valence-corrected chi connectivity index (χ4v) is 3.74. The molecule has 0 aromatic carbocycles. The second-order valence-electron chi connectivity index (χ2n) is 5.31. The molecule has 2 heterocycles. The summed E-state index contributed by atoms with van der Waals surface area (Å²) in [4.78, 5) is 20.6. The van der Waals surface area contributed by atoms with E-state index in [-0.39, 0.29) is 5.91 Å². The Bertz CT molecular complexity index is 593. The SMILES string of the molecule is CN(C)CCCNC(=O)CCc1sc(N)nc1-c1cccs1. The summed E-state index contributed by atoms with van der Waals surface area (Å²) in [6.07, 6.45) is 2.12. The van der Waals surface area contributed by atoms with E-state index in [1.165, 1.54) is 11.3 Å². The van der Waals surface area contributed by atoms with Gasteiger partial charge in [0.2, 0.25) is 5.91 Å². The zero-order valence-electron chi connectivity index (χ0n) is 13.0. The number of carbonyl (C=O) groups excluding carboxylic acids is 1. The molecule has 1 amide bonds. The van der Waals surface area contributed by atoms with Crippen molar-refractivity contribution < 1.29 is 4.79 Å². The molecule has 0 unspecified atom stereocenters. The molecular weight excluding hydrogens is 316 g/mol. The van der Waals surface area contributed by atoms with Crippen LogP contribution in [0, 0.1) is 0 Å². The van der Waals surface area contributed by atoms with Gasteiger partial charge in [-0.25, -0.2) is 4.98 Å². The molecule has 0 radical (unpaired) electrons. The van der Waals surface area contributed by atoms with Crippen molar-refractivity contribution in [3.8, 4) is 10.6 Å². The van der Waals surface area contributed by atoms with Gasteiger partial charge in [-0.3, -0.25) is 4.79 Å². The number of thiazole rings is 1. The van der Waals surface area contributed by atoms with Crippen molar-refractivity contribution in [2.75, 3.05) is 32.9 Å². The lowest BCUT2D eigenvalue weighted by Gasteiger charge is -2.09. The molecule has 22 heavy (non-hydrogen) atoms. The molecular formula is C15H22N4OS2. The predicted octanol–water partition coefficient (Wildman–Crippen LogP) is 2.45. The Balaban J connectivity index is 1.83. The fraction of sp³-hybridized carbons (Fsp3) is 0.467. The molecule has 0 atom stereocenters. The van der Waals surface area contributed by atoms with Gasteiger partial charge < -0.3 is 16.0 Å². The Morgan fingerprint density at radius 3 is 2.95 bits per heavy atom. The molecule has 0 aliphatic carbocycles. The van der Waals surface area contributed by atoms with Crippen molar-refractivity contribution in [3.05, 3.63) is 22.4 Å². The van der Waals surface area contributed by atoms with Gasteiger partial charge in [0.15, 0.2) is 5.13 Å². The lowest BCUT2D eigenvalue weighted by molar-refractivity contribution is -0.121. The predicted molar refractivity (Wildman–Crippen MR) is 94.3 cm³/mol. The summed E-state index contributed by atoms with van der Waals surface area (Å²) in [7, 11) is 4.06. The average molecular weight is 339 g/mol. The summed E-state index contributed by atoms with van der Waals surface area (Å²) < 4.78 is 0. The second kappa shape index (κ2) is 8.26. The van der Waals surface area contributed by atoms with Crippen LogP contribution in [0.15, 0.2) is 17.5 Å². The van der Waals surface area contributed by atoms with Gasteiger partial charge in [0.1, 0.15) is 0 Å². The summed E-state index contributed by atoms with van der Waals surface area (Å²) >= 11 is 3.11.